The summed E-state index contributed by atoms with van der Waals surface area (Å²) in [5, 5.41) is 7.68. The van der Waals surface area contributed by atoms with Crippen LogP contribution in [0, 0.1) is 12.3 Å². The van der Waals surface area contributed by atoms with Crippen LogP contribution in [0.2, 0.25) is 0 Å². The van der Waals surface area contributed by atoms with Crippen LogP contribution in [0.1, 0.15) is 16.7 Å². The van der Waals surface area contributed by atoms with E-state index in [9.17, 15) is 0 Å². The first-order valence-corrected chi connectivity index (χ1v) is 6.63. The zero-order chi connectivity index (χ0) is 14.5. The molecule has 2 rings (SSSR count). The number of nitrogen functional groups attached to an aromatic ring is 1. The molecule has 4 nitrogen and oxygen atoms in total. The van der Waals surface area contributed by atoms with Gasteiger partial charge in [-0.15, -0.1) is 0 Å². The first-order valence-electron chi connectivity index (χ1n) is 6.63. The standard InChI is InChI=1S/C16H20N4/c1-12-3-4-14(16(17)18)15(11-12)20(2)10-7-13-5-8-19-9-6-13/h3-6,8-9,11H,7,10H2,1-2H3,(H3,17,18). The first-order chi connectivity index (χ1) is 9.58. The predicted molar refractivity (Wildman–Crippen MR) is 83.4 cm³/mol. The van der Waals surface area contributed by atoms with Crippen molar-refractivity contribution in [1.82, 2.24) is 4.98 Å². The molecular formula is C16H20N4. The average molecular weight is 268 g/mol. The number of aromatic nitrogens is 1. The number of aryl methyl sites for hydroxylation is 1. The molecule has 0 aliphatic rings. The third-order valence-electron chi connectivity index (χ3n) is 3.34. The first kappa shape index (κ1) is 14.1. The molecule has 1 aromatic heterocycles. The second-order valence-electron chi connectivity index (χ2n) is 4.96. The van der Waals surface area contributed by atoms with Gasteiger partial charge in [-0.3, -0.25) is 10.4 Å². The van der Waals surface area contributed by atoms with E-state index in [-0.39, 0.29) is 5.84 Å². The van der Waals surface area contributed by atoms with E-state index in [2.05, 4.69) is 16.0 Å². The summed E-state index contributed by atoms with van der Waals surface area (Å²) >= 11 is 0. The van der Waals surface area contributed by atoms with Crippen molar-refractivity contribution >= 4 is 11.5 Å². The summed E-state index contributed by atoms with van der Waals surface area (Å²) in [5.74, 6) is 0.107. The lowest BCUT2D eigenvalue weighted by molar-refractivity contribution is 0.873. The summed E-state index contributed by atoms with van der Waals surface area (Å²) in [4.78, 5) is 6.16. The number of hydrogen-bond donors (Lipinski definition) is 2. The van der Waals surface area contributed by atoms with E-state index in [1.807, 2.05) is 50.6 Å². The number of benzene rings is 1. The van der Waals surface area contributed by atoms with Crippen molar-refractivity contribution in [3.8, 4) is 0 Å². The van der Waals surface area contributed by atoms with Crippen molar-refractivity contribution in [1.29, 1.82) is 5.41 Å². The maximum absolute atomic E-state index is 7.68. The molecule has 0 aliphatic carbocycles. The number of pyridine rings is 1. The molecule has 1 aromatic carbocycles. The van der Waals surface area contributed by atoms with E-state index in [4.69, 9.17) is 11.1 Å². The molecule has 104 valence electrons. The van der Waals surface area contributed by atoms with Gasteiger partial charge in [0.25, 0.3) is 0 Å². The summed E-state index contributed by atoms with van der Waals surface area (Å²) in [6.07, 6.45) is 4.55. The van der Waals surface area contributed by atoms with E-state index in [0.29, 0.717) is 0 Å². The van der Waals surface area contributed by atoms with Crippen LogP contribution in [0.4, 0.5) is 5.69 Å². The van der Waals surface area contributed by atoms with Crippen LogP contribution in [0.15, 0.2) is 42.7 Å². The summed E-state index contributed by atoms with van der Waals surface area (Å²) in [6, 6.07) is 10.0. The Morgan fingerprint density at radius 3 is 2.60 bits per heavy atom. The highest BCUT2D eigenvalue weighted by Gasteiger charge is 2.10. The average Bonchev–Trinajstić information content (AvgIpc) is 2.45. The van der Waals surface area contributed by atoms with E-state index in [1.165, 1.54) is 11.1 Å². The smallest absolute Gasteiger partial charge is 0.124 e. The quantitative estimate of drug-likeness (QED) is 0.646. The van der Waals surface area contributed by atoms with Gasteiger partial charge < -0.3 is 10.6 Å². The van der Waals surface area contributed by atoms with Crippen molar-refractivity contribution in [3.63, 3.8) is 0 Å². The molecule has 20 heavy (non-hydrogen) atoms. The van der Waals surface area contributed by atoms with Crippen LogP contribution in [0.5, 0.6) is 0 Å². The second-order valence-corrected chi connectivity index (χ2v) is 4.96. The van der Waals surface area contributed by atoms with Crippen molar-refractivity contribution in [2.24, 2.45) is 5.73 Å². The maximum atomic E-state index is 7.68. The van der Waals surface area contributed by atoms with Gasteiger partial charge in [0.1, 0.15) is 5.84 Å². The molecule has 0 saturated carbocycles. The summed E-state index contributed by atoms with van der Waals surface area (Å²) < 4.78 is 0. The van der Waals surface area contributed by atoms with Crippen molar-refractivity contribution in [2.75, 3.05) is 18.5 Å². The van der Waals surface area contributed by atoms with Crippen molar-refractivity contribution in [3.05, 3.63) is 59.4 Å². The monoisotopic (exact) mass is 268 g/mol. The fraction of sp³-hybridized carbons (Fsp3) is 0.250. The van der Waals surface area contributed by atoms with E-state index in [0.717, 1.165) is 24.2 Å². The Balaban J connectivity index is 2.14. The van der Waals surface area contributed by atoms with E-state index >= 15 is 0 Å². The molecule has 0 bridgehead atoms. The van der Waals surface area contributed by atoms with Crippen LogP contribution in [0.3, 0.4) is 0 Å². The number of rotatable bonds is 5. The lowest BCUT2D eigenvalue weighted by Gasteiger charge is -2.22. The molecule has 3 N–H and O–H groups in total. The zero-order valence-electron chi connectivity index (χ0n) is 11.9. The lowest BCUT2D eigenvalue weighted by atomic mass is 10.1. The molecule has 0 radical (unpaired) electrons. The summed E-state index contributed by atoms with van der Waals surface area (Å²) in [5.41, 5.74) is 9.87. The topological polar surface area (TPSA) is 66.0 Å². The fourth-order valence-corrected chi connectivity index (χ4v) is 2.15. The van der Waals surface area contributed by atoms with Crippen LogP contribution < -0.4 is 10.6 Å². The molecular weight excluding hydrogens is 248 g/mol. The molecule has 0 saturated heterocycles. The highest BCUT2D eigenvalue weighted by atomic mass is 15.1. The van der Waals surface area contributed by atoms with E-state index < -0.39 is 0 Å². The van der Waals surface area contributed by atoms with Crippen LogP contribution in [0.25, 0.3) is 0 Å². The Morgan fingerprint density at radius 2 is 1.95 bits per heavy atom. The largest absolute Gasteiger partial charge is 0.384 e. The minimum atomic E-state index is 0.107. The Morgan fingerprint density at radius 1 is 1.25 bits per heavy atom. The maximum Gasteiger partial charge on any atom is 0.124 e. The zero-order valence-corrected chi connectivity index (χ0v) is 11.9. The fourth-order valence-electron chi connectivity index (χ4n) is 2.15. The summed E-state index contributed by atoms with van der Waals surface area (Å²) in [6.45, 7) is 2.91. The van der Waals surface area contributed by atoms with Crippen LogP contribution in [-0.2, 0) is 6.42 Å². The molecule has 1 heterocycles. The number of amidine groups is 1. The van der Waals surface area contributed by atoms with Gasteiger partial charge >= 0.3 is 0 Å². The molecule has 2 aromatic rings. The molecule has 4 heteroatoms. The normalized spacial score (nSPS) is 10.3. The molecule has 0 aliphatic heterocycles. The van der Waals surface area contributed by atoms with Gasteiger partial charge in [0.15, 0.2) is 0 Å². The van der Waals surface area contributed by atoms with Gasteiger partial charge in [-0.25, -0.2) is 0 Å². The number of nitrogens with two attached hydrogens (primary N) is 1. The van der Waals surface area contributed by atoms with Crippen molar-refractivity contribution in [2.45, 2.75) is 13.3 Å². The van der Waals surface area contributed by atoms with Crippen LogP contribution >= 0.6 is 0 Å². The number of nitrogens with zero attached hydrogens (tertiary/aromatic N) is 2. The Kier molecular flexibility index (Phi) is 4.35. The highest BCUT2D eigenvalue weighted by Crippen LogP contribution is 2.21. The Bertz CT molecular complexity index is 593. The molecule has 0 atom stereocenters. The third-order valence-corrected chi connectivity index (χ3v) is 3.34. The van der Waals surface area contributed by atoms with Gasteiger partial charge in [0, 0.05) is 37.2 Å². The van der Waals surface area contributed by atoms with Crippen LogP contribution in [-0.4, -0.2) is 24.4 Å². The minimum absolute atomic E-state index is 0.107. The molecule has 0 amide bonds. The predicted octanol–water partition coefficient (Wildman–Crippen LogP) is 2.35. The third kappa shape index (κ3) is 3.35. The molecule has 0 fully saturated rings. The molecule has 0 spiro atoms. The van der Waals surface area contributed by atoms with Gasteiger partial charge in [0.05, 0.1) is 0 Å². The SMILES string of the molecule is Cc1ccc(C(=N)N)c(N(C)CCc2ccncc2)c1. The number of likely N-dealkylation sites (N-methyl/N-ethyl adjacent to an activating group) is 1. The highest BCUT2D eigenvalue weighted by molar-refractivity contribution is 6.00. The number of anilines is 1. The van der Waals surface area contributed by atoms with Gasteiger partial charge in [-0.2, -0.15) is 0 Å². The van der Waals surface area contributed by atoms with Gasteiger partial charge in [0.2, 0.25) is 0 Å². The Labute approximate surface area is 119 Å². The van der Waals surface area contributed by atoms with Gasteiger partial charge in [-0.05, 0) is 48.7 Å². The number of nitrogens with one attached hydrogen (secondary N) is 1. The second kappa shape index (κ2) is 6.19. The summed E-state index contributed by atoms with van der Waals surface area (Å²) in [7, 11) is 2.03. The van der Waals surface area contributed by atoms with Crippen molar-refractivity contribution < 1.29 is 0 Å². The number of hydrogen-bond acceptors (Lipinski definition) is 3. The minimum Gasteiger partial charge on any atom is -0.384 e. The lowest BCUT2D eigenvalue weighted by Crippen LogP contribution is -2.24. The van der Waals surface area contributed by atoms with E-state index in [1.54, 1.807) is 0 Å². The molecule has 0 unspecified atom stereocenters. The van der Waals surface area contributed by atoms with Gasteiger partial charge in [-0.1, -0.05) is 6.07 Å². The Hall–Kier alpha value is -2.36.